The molecule has 0 unspecified atom stereocenters. The van der Waals surface area contributed by atoms with Crippen LogP contribution in [0.15, 0.2) is 42.7 Å². The maximum Gasteiger partial charge on any atom is 0.217 e. The lowest BCUT2D eigenvalue weighted by atomic mass is 9.76. The van der Waals surface area contributed by atoms with E-state index in [9.17, 15) is 4.79 Å². The van der Waals surface area contributed by atoms with Crippen LogP contribution in [0, 0.1) is 5.92 Å². The molecular formula is C20H25N3O2. The molecule has 1 amide bonds. The zero-order chi connectivity index (χ0) is 17.2. The minimum absolute atomic E-state index is 0.0443. The summed E-state index contributed by atoms with van der Waals surface area (Å²) in [5.41, 5.74) is 2.22. The first kappa shape index (κ1) is 16.3. The second-order valence-corrected chi connectivity index (χ2v) is 7.20. The summed E-state index contributed by atoms with van der Waals surface area (Å²) in [4.78, 5) is 11.6. The van der Waals surface area contributed by atoms with E-state index in [0.29, 0.717) is 5.92 Å². The van der Waals surface area contributed by atoms with Crippen LogP contribution < -0.4 is 5.32 Å². The van der Waals surface area contributed by atoms with Gasteiger partial charge in [0.05, 0.1) is 17.9 Å². The summed E-state index contributed by atoms with van der Waals surface area (Å²) in [5, 5.41) is 7.45. The number of hydrogen-bond acceptors (Lipinski definition) is 3. The van der Waals surface area contributed by atoms with Crippen molar-refractivity contribution in [3.05, 3.63) is 48.3 Å². The van der Waals surface area contributed by atoms with Crippen molar-refractivity contribution in [2.75, 3.05) is 0 Å². The largest absolute Gasteiger partial charge is 0.370 e. The molecular weight excluding hydrogens is 314 g/mol. The molecule has 2 fully saturated rings. The number of fused-ring (bicyclic) bond motifs is 1. The number of ether oxygens (including phenoxy) is 1. The lowest BCUT2D eigenvalue weighted by molar-refractivity contribution is -0.131. The third-order valence-electron chi connectivity index (χ3n) is 5.50. The minimum atomic E-state index is 0.0443. The Balaban J connectivity index is 1.54. The molecule has 25 heavy (non-hydrogen) atoms. The van der Waals surface area contributed by atoms with Gasteiger partial charge in [-0.15, -0.1) is 0 Å². The number of aromatic nitrogens is 2. The van der Waals surface area contributed by atoms with Crippen LogP contribution in [0.25, 0.3) is 5.69 Å². The molecule has 0 spiro atoms. The van der Waals surface area contributed by atoms with Gasteiger partial charge in [0.15, 0.2) is 0 Å². The molecule has 5 nitrogen and oxygen atoms in total. The van der Waals surface area contributed by atoms with Crippen molar-refractivity contribution < 1.29 is 9.53 Å². The molecule has 5 heteroatoms. The molecule has 4 rings (SSSR count). The van der Waals surface area contributed by atoms with E-state index < -0.39 is 0 Å². The van der Waals surface area contributed by atoms with Crippen LogP contribution in [0.1, 0.15) is 50.7 Å². The van der Waals surface area contributed by atoms with Crippen LogP contribution in [-0.4, -0.2) is 27.8 Å². The second-order valence-electron chi connectivity index (χ2n) is 7.20. The van der Waals surface area contributed by atoms with Crippen LogP contribution in [0.3, 0.4) is 0 Å². The van der Waals surface area contributed by atoms with Gasteiger partial charge in [0.25, 0.3) is 0 Å². The zero-order valence-electron chi connectivity index (χ0n) is 14.6. The van der Waals surface area contributed by atoms with E-state index >= 15 is 0 Å². The number of rotatable bonds is 3. The Morgan fingerprint density at radius 1 is 1.24 bits per heavy atom. The summed E-state index contributed by atoms with van der Waals surface area (Å²) >= 11 is 0. The number of benzene rings is 1. The van der Waals surface area contributed by atoms with Gasteiger partial charge in [-0.1, -0.05) is 25.0 Å². The maximum atomic E-state index is 11.6. The number of amides is 1. The second kappa shape index (κ2) is 7.00. The number of nitrogens with zero attached hydrogens (tertiary/aromatic N) is 2. The monoisotopic (exact) mass is 339 g/mol. The maximum absolute atomic E-state index is 11.6. The van der Waals surface area contributed by atoms with Gasteiger partial charge in [0, 0.05) is 31.3 Å². The van der Waals surface area contributed by atoms with Crippen LogP contribution >= 0.6 is 0 Å². The smallest absolute Gasteiger partial charge is 0.217 e. The van der Waals surface area contributed by atoms with Crippen LogP contribution in [0.4, 0.5) is 0 Å². The minimum Gasteiger partial charge on any atom is -0.370 e. The lowest BCUT2D eigenvalue weighted by Gasteiger charge is -2.45. The first-order valence-electron chi connectivity index (χ1n) is 9.23. The molecule has 132 valence electrons. The highest BCUT2D eigenvalue weighted by Crippen LogP contribution is 2.41. The Hall–Kier alpha value is -2.14. The van der Waals surface area contributed by atoms with E-state index in [4.69, 9.17) is 4.74 Å². The fourth-order valence-corrected chi connectivity index (χ4v) is 4.33. The molecule has 1 aromatic heterocycles. The molecule has 1 N–H and O–H groups in total. The molecule has 1 saturated carbocycles. The van der Waals surface area contributed by atoms with E-state index in [1.807, 2.05) is 16.9 Å². The topological polar surface area (TPSA) is 56.2 Å². The molecule has 0 radical (unpaired) electrons. The quantitative estimate of drug-likeness (QED) is 0.932. The summed E-state index contributed by atoms with van der Waals surface area (Å²) < 4.78 is 8.30. The Kier molecular flexibility index (Phi) is 4.57. The summed E-state index contributed by atoms with van der Waals surface area (Å²) in [6.45, 7) is 1.61. The van der Waals surface area contributed by atoms with Gasteiger partial charge in [-0.2, -0.15) is 5.10 Å². The number of carbonyl (C=O) groups excluding carboxylic acids is 1. The Bertz CT molecular complexity index is 711. The molecule has 1 aliphatic carbocycles. The van der Waals surface area contributed by atoms with Crippen molar-refractivity contribution in [3.63, 3.8) is 0 Å². The fraction of sp³-hybridized carbons (Fsp3) is 0.500. The van der Waals surface area contributed by atoms with Gasteiger partial charge in [0.1, 0.15) is 0 Å². The number of hydrogen-bond donors (Lipinski definition) is 1. The van der Waals surface area contributed by atoms with Crippen molar-refractivity contribution in [2.24, 2.45) is 5.92 Å². The molecule has 2 heterocycles. The number of carbonyl (C=O) groups is 1. The Labute approximate surface area is 148 Å². The van der Waals surface area contributed by atoms with E-state index in [2.05, 4.69) is 34.7 Å². The van der Waals surface area contributed by atoms with Crippen molar-refractivity contribution >= 4 is 5.91 Å². The van der Waals surface area contributed by atoms with Crippen molar-refractivity contribution in [3.8, 4) is 5.69 Å². The average Bonchev–Trinajstić information content (AvgIpc) is 3.16. The van der Waals surface area contributed by atoms with Crippen molar-refractivity contribution in [1.82, 2.24) is 15.1 Å². The lowest BCUT2D eigenvalue weighted by Crippen LogP contribution is -2.50. The zero-order valence-corrected chi connectivity index (χ0v) is 14.6. The Morgan fingerprint density at radius 2 is 2.04 bits per heavy atom. The van der Waals surface area contributed by atoms with E-state index in [1.54, 1.807) is 13.1 Å². The van der Waals surface area contributed by atoms with Crippen LogP contribution in [-0.2, 0) is 9.53 Å². The first-order valence-corrected chi connectivity index (χ1v) is 9.23. The summed E-state index contributed by atoms with van der Waals surface area (Å²) in [6.07, 6.45) is 9.58. The van der Waals surface area contributed by atoms with Gasteiger partial charge in [-0.3, -0.25) is 4.79 Å². The van der Waals surface area contributed by atoms with Crippen LogP contribution in [0.2, 0.25) is 0 Å². The highest BCUT2D eigenvalue weighted by Gasteiger charge is 2.40. The fourth-order valence-electron chi connectivity index (χ4n) is 4.33. The summed E-state index contributed by atoms with van der Waals surface area (Å²) in [6, 6.07) is 10.5. The molecule has 2 aliphatic rings. The molecule has 0 bridgehead atoms. The normalized spacial score (nSPS) is 29.0. The molecule has 1 aromatic carbocycles. The van der Waals surface area contributed by atoms with Gasteiger partial charge >= 0.3 is 0 Å². The molecule has 4 atom stereocenters. The Morgan fingerprint density at radius 3 is 2.76 bits per heavy atom. The molecule has 1 aliphatic heterocycles. The van der Waals surface area contributed by atoms with Gasteiger partial charge in [-0.05, 0) is 43.0 Å². The highest BCUT2D eigenvalue weighted by atomic mass is 16.5. The first-order chi connectivity index (χ1) is 12.2. The average molecular weight is 339 g/mol. The third-order valence-corrected chi connectivity index (χ3v) is 5.50. The predicted octanol–water partition coefficient (Wildman–Crippen LogP) is 3.40. The van der Waals surface area contributed by atoms with E-state index in [-0.39, 0.29) is 24.2 Å². The van der Waals surface area contributed by atoms with Crippen LogP contribution in [0.5, 0.6) is 0 Å². The van der Waals surface area contributed by atoms with E-state index in [1.165, 1.54) is 18.4 Å². The standard InChI is InChI=1S/C20H25N3O2/c1-14(24)22-18-13-20(25-19-6-3-2-5-17(18)19)15-7-9-16(10-8-15)23-12-4-11-21-23/h4,7-12,17-20H,2-3,5-6,13H2,1H3,(H,22,24)/t17-,18+,19+,20+/m0/s1. The third kappa shape index (κ3) is 3.47. The highest BCUT2D eigenvalue weighted by molar-refractivity contribution is 5.73. The SMILES string of the molecule is CC(=O)N[C@@H]1C[C@H](c2ccc(-n3cccn3)cc2)O[C@@H]2CCCC[C@@H]12. The van der Waals surface area contributed by atoms with Gasteiger partial charge in [-0.25, -0.2) is 4.68 Å². The van der Waals surface area contributed by atoms with Gasteiger partial charge in [0.2, 0.25) is 5.91 Å². The molecule has 1 saturated heterocycles. The van der Waals surface area contributed by atoms with E-state index in [0.717, 1.165) is 24.9 Å². The summed E-state index contributed by atoms with van der Waals surface area (Å²) in [5.74, 6) is 0.515. The molecule has 2 aromatic rings. The van der Waals surface area contributed by atoms with Crippen molar-refractivity contribution in [1.29, 1.82) is 0 Å². The van der Waals surface area contributed by atoms with Gasteiger partial charge < -0.3 is 10.1 Å². The predicted molar refractivity (Wildman–Crippen MR) is 95.4 cm³/mol. The number of nitrogens with one attached hydrogen (secondary N) is 1. The van der Waals surface area contributed by atoms with Crippen molar-refractivity contribution in [2.45, 2.75) is 57.3 Å². The summed E-state index contributed by atoms with van der Waals surface area (Å²) in [7, 11) is 0.